The molecule has 0 amide bonds. The van der Waals surface area contributed by atoms with Crippen LogP contribution in [-0.4, -0.2) is 19.2 Å². The van der Waals surface area contributed by atoms with Gasteiger partial charge < -0.3 is 10.1 Å². The maximum atomic E-state index is 5.87. The van der Waals surface area contributed by atoms with Gasteiger partial charge in [-0.15, -0.1) is 0 Å². The second-order valence-corrected chi connectivity index (χ2v) is 6.95. The smallest absolute Gasteiger partial charge is 0.119 e. The molecule has 0 aliphatic rings. The van der Waals surface area contributed by atoms with E-state index in [4.69, 9.17) is 16.3 Å². The molecule has 0 aliphatic carbocycles. The Bertz CT molecular complexity index is 370. The lowest BCUT2D eigenvalue weighted by Gasteiger charge is -2.24. The number of hydrogen-bond donors (Lipinski definition) is 1. The van der Waals surface area contributed by atoms with Gasteiger partial charge in [0.1, 0.15) is 12.4 Å². The number of benzene rings is 1. The number of rotatable bonds is 8. The van der Waals surface area contributed by atoms with Crippen LogP contribution in [0.3, 0.4) is 0 Å². The fraction of sp³-hybridized carbons (Fsp3) is 0.647. The van der Waals surface area contributed by atoms with Gasteiger partial charge in [-0.25, -0.2) is 0 Å². The minimum atomic E-state index is 0.367. The Morgan fingerprint density at radius 2 is 1.85 bits per heavy atom. The number of nitrogens with one attached hydrogen (secondary N) is 1. The molecule has 0 radical (unpaired) electrons. The summed E-state index contributed by atoms with van der Waals surface area (Å²) in [7, 11) is 0. The van der Waals surface area contributed by atoms with Crippen LogP contribution < -0.4 is 10.1 Å². The molecule has 3 heteroatoms. The van der Waals surface area contributed by atoms with E-state index in [9.17, 15) is 0 Å². The van der Waals surface area contributed by atoms with Crippen molar-refractivity contribution in [3.63, 3.8) is 0 Å². The Balaban J connectivity index is 2.44. The van der Waals surface area contributed by atoms with Gasteiger partial charge in [-0.05, 0) is 55.5 Å². The highest BCUT2D eigenvalue weighted by Crippen LogP contribution is 2.22. The van der Waals surface area contributed by atoms with Gasteiger partial charge in [-0.3, -0.25) is 0 Å². The molecule has 0 bridgehead atoms. The van der Waals surface area contributed by atoms with Gasteiger partial charge in [-0.2, -0.15) is 0 Å². The van der Waals surface area contributed by atoms with Crippen LogP contribution in [0.1, 0.15) is 47.0 Å². The summed E-state index contributed by atoms with van der Waals surface area (Å²) in [6, 6.07) is 7.97. The maximum Gasteiger partial charge on any atom is 0.119 e. The van der Waals surface area contributed by atoms with Crippen molar-refractivity contribution in [2.45, 2.75) is 53.0 Å². The molecule has 20 heavy (non-hydrogen) atoms. The molecule has 0 saturated carbocycles. The highest BCUT2D eigenvalue weighted by Gasteiger charge is 2.15. The van der Waals surface area contributed by atoms with Gasteiger partial charge in [0.25, 0.3) is 0 Å². The first-order chi connectivity index (χ1) is 9.40. The van der Waals surface area contributed by atoms with Crippen LogP contribution >= 0.6 is 11.6 Å². The fourth-order valence-corrected chi connectivity index (χ4v) is 2.05. The molecule has 1 N–H and O–H groups in total. The molecule has 1 unspecified atom stereocenters. The zero-order valence-electron chi connectivity index (χ0n) is 13.2. The first-order valence-electron chi connectivity index (χ1n) is 7.52. The topological polar surface area (TPSA) is 21.3 Å². The summed E-state index contributed by atoms with van der Waals surface area (Å²) in [5.74, 6) is 0.883. The molecule has 0 aromatic heterocycles. The predicted octanol–water partition coefficient (Wildman–Crippen LogP) is 4.91. The van der Waals surface area contributed by atoms with Crippen LogP contribution in [-0.2, 0) is 0 Å². The molecule has 1 atom stereocenters. The van der Waals surface area contributed by atoms with Crippen LogP contribution in [0, 0.1) is 5.41 Å². The predicted molar refractivity (Wildman–Crippen MR) is 87.7 cm³/mol. The quantitative estimate of drug-likeness (QED) is 0.736. The van der Waals surface area contributed by atoms with Crippen LogP contribution in [0.2, 0.25) is 5.02 Å². The maximum absolute atomic E-state index is 5.87. The lowest BCUT2D eigenvalue weighted by atomic mass is 9.89. The molecular formula is C17H28ClNO. The van der Waals surface area contributed by atoms with Crippen molar-refractivity contribution in [2.24, 2.45) is 5.41 Å². The van der Waals surface area contributed by atoms with E-state index in [2.05, 4.69) is 33.0 Å². The first kappa shape index (κ1) is 17.3. The van der Waals surface area contributed by atoms with E-state index in [1.807, 2.05) is 24.3 Å². The third-order valence-corrected chi connectivity index (χ3v) is 3.44. The molecule has 2 nitrogen and oxygen atoms in total. The molecule has 0 heterocycles. The molecule has 1 aromatic carbocycles. The van der Waals surface area contributed by atoms with Crippen molar-refractivity contribution in [1.82, 2.24) is 5.32 Å². The SMILES string of the molecule is CCCNC(CCC(C)(C)C)COc1ccc(Cl)cc1. The van der Waals surface area contributed by atoms with Gasteiger partial charge in [0.2, 0.25) is 0 Å². The monoisotopic (exact) mass is 297 g/mol. The Labute approximate surface area is 128 Å². The summed E-state index contributed by atoms with van der Waals surface area (Å²) in [5.41, 5.74) is 0.367. The van der Waals surface area contributed by atoms with Crippen LogP contribution in [0.25, 0.3) is 0 Å². The highest BCUT2D eigenvalue weighted by molar-refractivity contribution is 6.30. The van der Waals surface area contributed by atoms with Crippen LogP contribution in [0.5, 0.6) is 5.75 Å². The molecule has 0 spiro atoms. The second-order valence-electron chi connectivity index (χ2n) is 6.52. The van der Waals surface area contributed by atoms with Gasteiger partial charge in [0.15, 0.2) is 0 Å². The number of ether oxygens (including phenoxy) is 1. The molecule has 1 aromatic rings. The van der Waals surface area contributed by atoms with E-state index in [0.717, 1.165) is 30.2 Å². The average Bonchev–Trinajstić information content (AvgIpc) is 2.38. The molecule has 0 fully saturated rings. The Kier molecular flexibility index (Phi) is 7.39. The van der Waals surface area contributed by atoms with Crippen molar-refractivity contribution < 1.29 is 4.74 Å². The molecular weight excluding hydrogens is 270 g/mol. The summed E-state index contributed by atoms with van der Waals surface area (Å²) in [6.45, 7) is 10.8. The standard InChI is InChI=1S/C17H28ClNO/c1-5-12-19-15(10-11-17(2,3)4)13-20-16-8-6-14(18)7-9-16/h6-9,15,19H,5,10-13H2,1-4H3. The van der Waals surface area contributed by atoms with E-state index < -0.39 is 0 Å². The Hall–Kier alpha value is -0.730. The zero-order valence-corrected chi connectivity index (χ0v) is 14.0. The minimum absolute atomic E-state index is 0.367. The van der Waals surface area contributed by atoms with E-state index in [0.29, 0.717) is 18.1 Å². The summed E-state index contributed by atoms with van der Waals surface area (Å²) >= 11 is 5.87. The number of hydrogen-bond acceptors (Lipinski definition) is 2. The van der Waals surface area contributed by atoms with Crippen LogP contribution in [0.4, 0.5) is 0 Å². The molecule has 114 valence electrons. The van der Waals surface area contributed by atoms with Crippen molar-refractivity contribution in [2.75, 3.05) is 13.2 Å². The largest absolute Gasteiger partial charge is 0.492 e. The van der Waals surface area contributed by atoms with Gasteiger partial charge in [0.05, 0.1) is 0 Å². The van der Waals surface area contributed by atoms with Crippen molar-refractivity contribution in [3.8, 4) is 5.75 Å². The van der Waals surface area contributed by atoms with Crippen molar-refractivity contribution in [1.29, 1.82) is 0 Å². The van der Waals surface area contributed by atoms with Gasteiger partial charge >= 0.3 is 0 Å². The zero-order chi connectivity index (χ0) is 15.0. The molecule has 0 saturated heterocycles. The molecule has 1 rings (SSSR count). The van der Waals surface area contributed by atoms with Crippen molar-refractivity contribution >= 4 is 11.6 Å². The normalized spacial score (nSPS) is 13.2. The van der Waals surface area contributed by atoms with E-state index in [1.165, 1.54) is 6.42 Å². The van der Waals surface area contributed by atoms with E-state index in [-0.39, 0.29) is 0 Å². The third kappa shape index (κ3) is 7.76. The number of halogens is 1. The van der Waals surface area contributed by atoms with Gasteiger partial charge in [0, 0.05) is 11.1 Å². The van der Waals surface area contributed by atoms with Crippen molar-refractivity contribution in [3.05, 3.63) is 29.3 Å². The minimum Gasteiger partial charge on any atom is -0.492 e. The summed E-state index contributed by atoms with van der Waals surface area (Å²) in [5, 5.41) is 4.31. The third-order valence-electron chi connectivity index (χ3n) is 3.19. The van der Waals surface area contributed by atoms with E-state index >= 15 is 0 Å². The lowest BCUT2D eigenvalue weighted by Crippen LogP contribution is -2.36. The Morgan fingerprint density at radius 1 is 1.20 bits per heavy atom. The average molecular weight is 298 g/mol. The van der Waals surface area contributed by atoms with Gasteiger partial charge in [-0.1, -0.05) is 39.3 Å². The Morgan fingerprint density at radius 3 is 2.40 bits per heavy atom. The van der Waals surface area contributed by atoms with Crippen LogP contribution in [0.15, 0.2) is 24.3 Å². The van der Waals surface area contributed by atoms with E-state index in [1.54, 1.807) is 0 Å². The highest BCUT2D eigenvalue weighted by atomic mass is 35.5. The second kappa shape index (κ2) is 8.53. The summed E-state index contributed by atoms with van der Waals surface area (Å²) in [6.07, 6.45) is 3.47. The molecule has 0 aliphatic heterocycles. The summed E-state index contributed by atoms with van der Waals surface area (Å²) in [4.78, 5) is 0. The summed E-state index contributed by atoms with van der Waals surface area (Å²) < 4.78 is 5.86. The fourth-order valence-electron chi connectivity index (χ4n) is 1.93. The first-order valence-corrected chi connectivity index (χ1v) is 7.90. The lowest BCUT2D eigenvalue weighted by molar-refractivity contribution is 0.236.